The molecular weight excluding hydrogens is 410 g/mol. The third-order valence-electron chi connectivity index (χ3n) is 5.36. The predicted octanol–water partition coefficient (Wildman–Crippen LogP) is 2.44. The van der Waals surface area contributed by atoms with E-state index in [1.165, 1.54) is 6.20 Å². The molecule has 2 amide bonds. The number of rotatable bonds is 5. The second kappa shape index (κ2) is 8.18. The maximum atomic E-state index is 13.1. The zero-order valence-electron chi connectivity index (χ0n) is 17.4. The molecule has 0 atom stereocenters. The summed E-state index contributed by atoms with van der Waals surface area (Å²) in [6.45, 7) is 1.04. The second-order valence-corrected chi connectivity index (χ2v) is 7.60. The SMILES string of the molecule is CN(Cc1ccc2c(c1)OCO2)C(=O)c1cnc2c(c1)N(Cc1ccccn1)C(=O)CN2. The van der Waals surface area contributed by atoms with Crippen molar-refractivity contribution in [3.63, 3.8) is 0 Å². The Labute approximate surface area is 184 Å². The standard InChI is InChI=1S/C23H21N5O4/c1-27(12-15-5-6-19-20(8-15)32-14-31-19)23(30)16-9-18-22(25-10-16)26-11-21(29)28(18)13-17-4-2-3-7-24-17/h2-10H,11-14H2,1H3,(H,25,26). The molecule has 3 aromatic rings. The first-order valence-electron chi connectivity index (χ1n) is 10.2. The van der Waals surface area contributed by atoms with Crippen molar-refractivity contribution in [2.45, 2.75) is 13.1 Å². The van der Waals surface area contributed by atoms with E-state index in [4.69, 9.17) is 9.47 Å². The number of nitrogens with zero attached hydrogens (tertiary/aromatic N) is 4. The van der Waals surface area contributed by atoms with Crippen molar-refractivity contribution in [3.8, 4) is 11.5 Å². The Hall–Kier alpha value is -4.14. The molecule has 32 heavy (non-hydrogen) atoms. The Morgan fingerprint density at radius 2 is 2.03 bits per heavy atom. The monoisotopic (exact) mass is 431 g/mol. The number of carbonyl (C=O) groups excluding carboxylic acids is 2. The van der Waals surface area contributed by atoms with Gasteiger partial charge in [0.25, 0.3) is 5.91 Å². The lowest BCUT2D eigenvalue weighted by atomic mass is 10.1. The molecule has 9 heteroatoms. The van der Waals surface area contributed by atoms with Crippen molar-refractivity contribution in [2.75, 3.05) is 30.6 Å². The summed E-state index contributed by atoms with van der Waals surface area (Å²) in [5.74, 6) is 1.63. The molecule has 0 radical (unpaired) electrons. The van der Waals surface area contributed by atoms with Gasteiger partial charge in [-0.25, -0.2) is 4.98 Å². The van der Waals surface area contributed by atoms with Crippen LogP contribution in [0.5, 0.6) is 11.5 Å². The van der Waals surface area contributed by atoms with Gasteiger partial charge >= 0.3 is 0 Å². The quantitative estimate of drug-likeness (QED) is 0.663. The largest absolute Gasteiger partial charge is 0.454 e. The van der Waals surface area contributed by atoms with Gasteiger partial charge in [0.2, 0.25) is 12.7 Å². The average molecular weight is 431 g/mol. The van der Waals surface area contributed by atoms with Crippen molar-refractivity contribution < 1.29 is 19.1 Å². The number of aromatic nitrogens is 2. The van der Waals surface area contributed by atoms with Gasteiger partial charge in [0.05, 0.1) is 30.0 Å². The van der Waals surface area contributed by atoms with Crippen LogP contribution >= 0.6 is 0 Å². The third-order valence-corrected chi connectivity index (χ3v) is 5.36. The van der Waals surface area contributed by atoms with Gasteiger partial charge in [-0.3, -0.25) is 14.6 Å². The molecule has 2 aromatic heterocycles. The number of pyridine rings is 2. The molecule has 1 N–H and O–H groups in total. The molecule has 162 valence electrons. The Morgan fingerprint density at radius 3 is 2.88 bits per heavy atom. The third kappa shape index (κ3) is 3.80. The number of ether oxygens (including phenoxy) is 2. The summed E-state index contributed by atoms with van der Waals surface area (Å²) >= 11 is 0. The van der Waals surface area contributed by atoms with Crippen LogP contribution in [-0.2, 0) is 17.9 Å². The highest BCUT2D eigenvalue weighted by Gasteiger charge is 2.27. The molecule has 5 rings (SSSR count). The normalized spacial score (nSPS) is 14.0. The molecule has 4 heterocycles. The second-order valence-electron chi connectivity index (χ2n) is 7.60. The number of fused-ring (bicyclic) bond motifs is 2. The van der Waals surface area contributed by atoms with E-state index in [9.17, 15) is 9.59 Å². The number of hydrogen-bond donors (Lipinski definition) is 1. The minimum Gasteiger partial charge on any atom is -0.454 e. The molecule has 0 unspecified atom stereocenters. The van der Waals surface area contributed by atoms with Gasteiger partial charge in [0, 0.05) is 26.0 Å². The van der Waals surface area contributed by atoms with Gasteiger partial charge < -0.3 is 24.6 Å². The molecule has 2 aliphatic heterocycles. The van der Waals surface area contributed by atoms with Crippen molar-refractivity contribution in [2.24, 2.45) is 0 Å². The maximum Gasteiger partial charge on any atom is 0.255 e. The Kier molecular flexibility index (Phi) is 5.06. The summed E-state index contributed by atoms with van der Waals surface area (Å²) in [6, 6.07) is 12.9. The first-order chi connectivity index (χ1) is 15.6. The average Bonchev–Trinajstić information content (AvgIpc) is 3.29. The van der Waals surface area contributed by atoms with Crippen LogP contribution in [-0.4, -0.2) is 47.1 Å². The van der Waals surface area contributed by atoms with Crippen molar-refractivity contribution in [1.29, 1.82) is 0 Å². The van der Waals surface area contributed by atoms with Gasteiger partial charge in [-0.15, -0.1) is 0 Å². The maximum absolute atomic E-state index is 13.1. The topological polar surface area (TPSA) is 96.9 Å². The number of nitrogens with one attached hydrogen (secondary N) is 1. The van der Waals surface area contributed by atoms with Crippen molar-refractivity contribution >= 4 is 23.3 Å². The minimum absolute atomic E-state index is 0.108. The first-order valence-corrected chi connectivity index (χ1v) is 10.2. The Bertz CT molecular complexity index is 1180. The van der Waals surface area contributed by atoms with E-state index in [-0.39, 0.29) is 25.2 Å². The van der Waals surface area contributed by atoms with E-state index in [0.717, 1.165) is 11.3 Å². The number of hydrogen-bond acceptors (Lipinski definition) is 7. The molecule has 0 saturated carbocycles. The van der Waals surface area contributed by atoms with Crippen LogP contribution in [0.15, 0.2) is 54.9 Å². The zero-order chi connectivity index (χ0) is 22.1. The van der Waals surface area contributed by atoms with Crippen LogP contribution in [0.4, 0.5) is 11.5 Å². The Balaban J connectivity index is 1.37. The van der Waals surface area contributed by atoms with Gasteiger partial charge in [0.1, 0.15) is 0 Å². The molecule has 0 fully saturated rings. The van der Waals surface area contributed by atoms with Gasteiger partial charge in [-0.1, -0.05) is 12.1 Å². The lowest BCUT2D eigenvalue weighted by molar-refractivity contribution is -0.117. The molecular formula is C23H21N5O4. The fraction of sp³-hybridized carbons (Fsp3) is 0.217. The molecule has 2 aliphatic rings. The van der Waals surface area contributed by atoms with Crippen LogP contribution in [0.1, 0.15) is 21.6 Å². The summed E-state index contributed by atoms with van der Waals surface area (Å²) in [5.41, 5.74) is 2.64. The van der Waals surface area contributed by atoms with E-state index in [2.05, 4.69) is 15.3 Å². The van der Waals surface area contributed by atoms with Crippen LogP contribution in [0.25, 0.3) is 0 Å². The van der Waals surface area contributed by atoms with Crippen molar-refractivity contribution in [1.82, 2.24) is 14.9 Å². The summed E-state index contributed by atoms with van der Waals surface area (Å²) in [4.78, 5) is 37.6. The number of carbonyl (C=O) groups is 2. The fourth-order valence-corrected chi connectivity index (χ4v) is 3.73. The fourth-order valence-electron chi connectivity index (χ4n) is 3.73. The highest BCUT2D eigenvalue weighted by molar-refractivity contribution is 6.04. The highest BCUT2D eigenvalue weighted by Crippen LogP contribution is 2.33. The lowest BCUT2D eigenvalue weighted by Gasteiger charge is -2.29. The van der Waals surface area contributed by atoms with E-state index < -0.39 is 0 Å². The van der Waals surface area contributed by atoms with E-state index in [1.54, 1.807) is 29.1 Å². The summed E-state index contributed by atoms with van der Waals surface area (Å²) in [6.07, 6.45) is 3.21. The van der Waals surface area contributed by atoms with Crippen LogP contribution in [0, 0.1) is 0 Å². The Morgan fingerprint density at radius 1 is 1.16 bits per heavy atom. The molecule has 0 saturated heterocycles. The summed E-state index contributed by atoms with van der Waals surface area (Å²) < 4.78 is 10.7. The highest BCUT2D eigenvalue weighted by atomic mass is 16.7. The van der Waals surface area contributed by atoms with Crippen molar-refractivity contribution in [3.05, 3.63) is 71.7 Å². The first kappa shape index (κ1) is 19.8. The lowest BCUT2D eigenvalue weighted by Crippen LogP contribution is -2.40. The van der Waals surface area contributed by atoms with Crippen LogP contribution in [0.3, 0.4) is 0 Å². The number of benzene rings is 1. The van der Waals surface area contributed by atoms with E-state index >= 15 is 0 Å². The van der Waals surface area contributed by atoms with Crippen LogP contribution < -0.4 is 19.7 Å². The summed E-state index contributed by atoms with van der Waals surface area (Å²) in [7, 11) is 1.72. The predicted molar refractivity (Wildman–Crippen MR) is 117 cm³/mol. The van der Waals surface area contributed by atoms with Gasteiger partial charge in [-0.05, 0) is 35.9 Å². The summed E-state index contributed by atoms with van der Waals surface area (Å²) in [5, 5.41) is 3.01. The molecule has 0 spiro atoms. The van der Waals surface area contributed by atoms with Gasteiger partial charge in [-0.2, -0.15) is 0 Å². The smallest absolute Gasteiger partial charge is 0.255 e. The zero-order valence-corrected chi connectivity index (χ0v) is 17.4. The number of anilines is 2. The van der Waals surface area contributed by atoms with E-state index in [1.807, 2.05) is 36.4 Å². The van der Waals surface area contributed by atoms with E-state index in [0.29, 0.717) is 41.7 Å². The molecule has 0 bridgehead atoms. The number of amides is 2. The van der Waals surface area contributed by atoms with Gasteiger partial charge in [0.15, 0.2) is 17.3 Å². The minimum atomic E-state index is -0.200. The molecule has 9 nitrogen and oxygen atoms in total. The molecule has 0 aliphatic carbocycles. The van der Waals surface area contributed by atoms with Crippen LogP contribution in [0.2, 0.25) is 0 Å². The molecule has 1 aromatic carbocycles.